The van der Waals surface area contributed by atoms with Crippen molar-refractivity contribution in [2.24, 2.45) is 5.41 Å². The van der Waals surface area contributed by atoms with Gasteiger partial charge in [0.15, 0.2) is 17.6 Å². The van der Waals surface area contributed by atoms with E-state index in [1.54, 1.807) is 36.4 Å². The lowest BCUT2D eigenvalue weighted by Gasteiger charge is -2.36. The lowest BCUT2D eigenvalue weighted by Crippen LogP contribution is -2.54. The zero-order valence-corrected chi connectivity index (χ0v) is 40.7. The first kappa shape index (κ1) is 51.3. The zero-order valence-electron chi connectivity index (χ0n) is 40.7. The van der Waals surface area contributed by atoms with Crippen LogP contribution in [0.5, 0.6) is 11.5 Å². The van der Waals surface area contributed by atoms with Crippen molar-refractivity contribution >= 4 is 47.3 Å². The Bertz CT molecular complexity index is 2650. The first-order chi connectivity index (χ1) is 33.9. The molecule has 71 heavy (non-hydrogen) atoms. The third kappa shape index (κ3) is 11.9. The van der Waals surface area contributed by atoms with Crippen LogP contribution in [0.3, 0.4) is 0 Å². The van der Waals surface area contributed by atoms with Crippen LogP contribution in [0, 0.1) is 5.41 Å². The van der Waals surface area contributed by atoms with E-state index in [-0.39, 0.29) is 44.2 Å². The molecule has 17 nitrogen and oxygen atoms in total. The molecule has 0 saturated carbocycles. The van der Waals surface area contributed by atoms with Crippen molar-refractivity contribution in [3.05, 3.63) is 126 Å². The van der Waals surface area contributed by atoms with Gasteiger partial charge in [0.1, 0.15) is 31.4 Å². The van der Waals surface area contributed by atoms with Gasteiger partial charge in [-0.05, 0) is 104 Å². The number of carbonyl (C=O) groups is 7. The van der Waals surface area contributed by atoms with Crippen molar-refractivity contribution in [2.45, 2.75) is 95.8 Å². The van der Waals surface area contributed by atoms with Crippen LogP contribution in [0.2, 0.25) is 0 Å². The molecule has 0 aromatic heterocycles. The number of ether oxygens (including phenoxy) is 7. The van der Waals surface area contributed by atoms with Gasteiger partial charge in [-0.25, -0.2) is 19.2 Å². The van der Waals surface area contributed by atoms with Gasteiger partial charge in [-0.3, -0.25) is 14.4 Å². The van der Waals surface area contributed by atoms with Crippen molar-refractivity contribution in [1.29, 1.82) is 0 Å². The van der Waals surface area contributed by atoms with E-state index >= 15 is 0 Å². The third-order valence-electron chi connectivity index (χ3n) is 12.7. The smallest absolute Gasteiger partial charge is 0.407 e. The lowest BCUT2D eigenvalue weighted by molar-refractivity contribution is -0.165. The van der Waals surface area contributed by atoms with Crippen molar-refractivity contribution in [2.75, 3.05) is 39.3 Å². The predicted molar refractivity (Wildman–Crippen MR) is 258 cm³/mol. The lowest BCUT2D eigenvalue weighted by atomic mass is 9.87. The fraction of sp³-hybridized carbons (Fsp3) is 0.389. The highest BCUT2D eigenvalue weighted by molar-refractivity contribution is 6.38. The minimum Gasteiger partial charge on any atom is -0.493 e. The maximum Gasteiger partial charge on any atom is 0.407 e. The summed E-state index contributed by atoms with van der Waals surface area (Å²) in [7, 11) is 3.04. The number of esters is 3. The van der Waals surface area contributed by atoms with E-state index in [4.69, 9.17) is 33.2 Å². The van der Waals surface area contributed by atoms with Crippen molar-refractivity contribution < 1.29 is 66.7 Å². The van der Waals surface area contributed by atoms with E-state index in [0.717, 1.165) is 33.9 Å². The molecule has 1 aliphatic carbocycles. The Kier molecular flexibility index (Phi) is 15.9. The van der Waals surface area contributed by atoms with Gasteiger partial charge in [-0.1, -0.05) is 73.3 Å². The number of alkyl carbamates (subject to hydrolysis) is 1. The minimum atomic E-state index is -1.63. The predicted octanol–water partition coefficient (Wildman–Crippen LogP) is 7.15. The highest BCUT2D eigenvalue weighted by atomic mass is 16.8. The second-order valence-corrected chi connectivity index (χ2v) is 18.6. The molecule has 4 aromatic carbocycles. The molecule has 7 rings (SSSR count). The van der Waals surface area contributed by atoms with Gasteiger partial charge < -0.3 is 48.7 Å². The average molecular weight is 974 g/mol. The van der Waals surface area contributed by atoms with Gasteiger partial charge >= 0.3 is 24.0 Å². The maximum absolute atomic E-state index is 14.3. The topological polar surface area (TPSA) is 211 Å². The number of cyclic esters (lactones) is 1. The summed E-state index contributed by atoms with van der Waals surface area (Å²) in [6.07, 6.45) is -0.621. The SMILES string of the molecule is C=CC(=O)OCC(C)(C)C(=O)C(=O)N1CCCC[C@H]1C(=O)O[C@H](CCc1ccc(OC)c(OC)c1)c1cccc(NC(=O)C(NC(=O)OCC2c3ccccc3-c3ccccc32)C2OC(C)(C)OC2=O)c1. The summed E-state index contributed by atoms with van der Waals surface area (Å²) >= 11 is 0. The van der Waals surface area contributed by atoms with E-state index in [1.165, 1.54) is 46.8 Å². The standard InChI is InChI=1S/C54H59N3O14/c1-8-44(58)68-31-53(2,3)47(59)49(61)57-27-14-13-22-40(57)50(62)69-41(25-23-32-24-26-42(65-6)43(28-32)66-7)33-16-15-17-34(29-33)55-48(60)45(46-51(63)71-54(4,5)70-46)56-52(64)67-30-39-37-20-11-9-18-35(37)36-19-10-12-21-38(36)39/h8-12,15-21,24,26,28-29,39-41,45-46H,1,13-14,22-23,25,27,30-31H2,2-7H3,(H,55,60)(H,56,64)/t40-,41+,45?,46?/m0/s1. The number of fused-ring (bicyclic) bond motifs is 3. The molecular weight excluding hydrogens is 915 g/mol. The number of methoxy groups -OCH3 is 2. The highest BCUT2D eigenvalue weighted by Gasteiger charge is 2.49. The number of Topliss-reactive ketones (excluding diaryl/α,β-unsaturated/α-hetero) is 1. The largest absolute Gasteiger partial charge is 0.493 e. The number of hydrogen-bond donors (Lipinski definition) is 2. The highest BCUT2D eigenvalue weighted by Crippen LogP contribution is 2.44. The Morgan fingerprint density at radius 3 is 2.21 bits per heavy atom. The first-order valence-corrected chi connectivity index (χ1v) is 23.4. The first-order valence-electron chi connectivity index (χ1n) is 23.4. The van der Waals surface area contributed by atoms with Crippen LogP contribution in [-0.4, -0.2) is 104 Å². The fourth-order valence-corrected chi connectivity index (χ4v) is 9.03. The van der Waals surface area contributed by atoms with Gasteiger partial charge in [0, 0.05) is 38.1 Å². The van der Waals surface area contributed by atoms with Crippen molar-refractivity contribution in [1.82, 2.24) is 10.2 Å². The molecule has 2 N–H and O–H groups in total. The number of aryl methyl sites for hydroxylation is 1. The molecule has 2 heterocycles. The molecule has 0 spiro atoms. The summed E-state index contributed by atoms with van der Waals surface area (Å²) in [6, 6.07) is 24.9. The second kappa shape index (κ2) is 22.0. The Morgan fingerprint density at radius 1 is 0.873 bits per heavy atom. The molecule has 2 fully saturated rings. The van der Waals surface area contributed by atoms with Crippen molar-refractivity contribution in [3.63, 3.8) is 0 Å². The Balaban J connectivity index is 1.11. The van der Waals surface area contributed by atoms with Crippen molar-refractivity contribution in [3.8, 4) is 22.6 Å². The fourth-order valence-electron chi connectivity index (χ4n) is 9.03. The number of likely N-dealkylation sites (tertiary alicyclic amines) is 1. The summed E-state index contributed by atoms with van der Waals surface area (Å²) in [4.78, 5) is 95.9. The number of benzene rings is 4. The number of amides is 3. The Morgan fingerprint density at radius 2 is 1.56 bits per heavy atom. The number of hydrogen-bond acceptors (Lipinski definition) is 14. The number of piperidine rings is 1. The number of anilines is 1. The average Bonchev–Trinajstić information content (AvgIpc) is 3.85. The molecule has 2 unspecified atom stereocenters. The van der Waals surface area contributed by atoms with E-state index in [2.05, 4.69) is 17.2 Å². The Labute approximate surface area is 412 Å². The molecule has 0 bridgehead atoms. The molecule has 2 saturated heterocycles. The van der Waals surface area contributed by atoms with Crippen LogP contribution in [0.4, 0.5) is 10.5 Å². The van der Waals surface area contributed by atoms with E-state index in [1.807, 2.05) is 54.6 Å². The summed E-state index contributed by atoms with van der Waals surface area (Å²) in [6.45, 7) is 9.00. The third-order valence-corrected chi connectivity index (χ3v) is 12.7. The van der Waals surface area contributed by atoms with Crippen LogP contribution in [0.1, 0.15) is 87.7 Å². The minimum absolute atomic E-state index is 0.0601. The number of carbonyl (C=O) groups excluding carboxylic acids is 7. The number of ketones is 1. The van der Waals surface area contributed by atoms with Gasteiger partial charge in [-0.15, -0.1) is 0 Å². The van der Waals surface area contributed by atoms with Crippen LogP contribution in [0.15, 0.2) is 104 Å². The molecule has 374 valence electrons. The van der Waals surface area contributed by atoms with E-state index in [0.29, 0.717) is 36.3 Å². The number of rotatable bonds is 19. The molecule has 17 heteroatoms. The summed E-state index contributed by atoms with van der Waals surface area (Å²) in [5, 5.41) is 5.33. The second-order valence-electron chi connectivity index (χ2n) is 18.6. The van der Waals surface area contributed by atoms with Gasteiger partial charge in [0.05, 0.1) is 19.6 Å². The molecular formula is C54H59N3O14. The quantitative estimate of drug-likeness (QED) is 0.0414. The number of nitrogens with zero attached hydrogens (tertiary/aromatic N) is 1. The van der Waals surface area contributed by atoms with Gasteiger partial charge in [-0.2, -0.15) is 0 Å². The molecule has 3 aliphatic rings. The van der Waals surface area contributed by atoms with Crippen LogP contribution in [-0.2, 0) is 58.9 Å². The molecule has 2 aliphatic heterocycles. The van der Waals surface area contributed by atoms with Gasteiger partial charge in [0.25, 0.3) is 5.91 Å². The van der Waals surface area contributed by atoms with Crippen LogP contribution < -0.4 is 20.1 Å². The zero-order chi connectivity index (χ0) is 51.0. The van der Waals surface area contributed by atoms with Crippen LogP contribution in [0.25, 0.3) is 11.1 Å². The maximum atomic E-state index is 14.3. The monoisotopic (exact) mass is 973 g/mol. The normalized spacial score (nSPS) is 17.8. The summed E-state index contributed by atoms with van der Waals surface area (Å²) in [5.74, 6) is -5.62. The summed E-state index contributed by atoms with van der Waals surface area (Å²) in [5.41, 5.74) is 4.11. The van der Waals surface area contributed by atoms with Crippen LogP contribution >= 0.6 is 0 Å². The number of nitrogens with one attached hydrogen (secondary N) is 2. The molecule has 0 radical (unpaired) electrons. The van der Waals surface area contributed by atoms with Gasteiger partial charge in [0.2, 0.25) is 17.5 Å². The molecule has 4 aromatic rings. The van der Waals surface area contributed by atoms with E-state index < -0.39 is 77.1 Å². The molecule has 4 atom stereocenters. The Hall–Kier alpha value is -7.53. The summed E-state index contributed by atoms with van der Waals surface area (Å²) < 4.78 is 39.3. The molecule has 3 amide bonds. The van der Waals surface area contributed by atoms with E-state index in [9.17, 15) is 33.6 Å².